The summed E-state index contributed by atoms with van der Waals surface area (Å²) < 4.78 is 1.73. The third-order valence-electron chi connectivity index (χ3n) is 3.12. The molecule has 1 aromatic carbocycles. The van der Waals surface area contributed by atoms with Crippen LogP contribution in [-0.4, -0.2) is 20.7 Å². The van der Waals surface area contributed by atoms with Gasteiger partial charge >= 0.3 is 0 Å². The minimum atomic E-state index is -0.224. The van der Waals surface area contributed by atoms with Gasteiger partial charge in [0.25, 0.3) is 5.91 Å². The Hall–Kier alpha value is -2.66. The SMILES string of the molecule is Cc1cc(NC(=O)c2ccncc2)nn1-c1cccc(Cl)c1. The van der Waals surface area contributed by atoms with Gasteiger partial charge in [-0.3, -0.25) is 9.78 Å². The summed E-state index contributed by atoms with van der Waals surface area (Å²) in [4.78, 5) is 16.0. The van der Waals surface area contributed by atoms with Crippen LogP contribution < -0.4 is 5.32 Å². The van der Waals surface area contributed by atoms with Crippen molar-refractivity contribution in [1.82, 2.24) is 14.8 Å². The molecule has 0 fully saturated rings. The molecule has 1 amide bonds. The van der Waals surface area contributed by atoms with Gasteiger partial charge in [0.2, 0.25) is 0 Å². The van der Waals surface area contributed by atoms with E-state index >= 15 is 0 Å². The highest BCUT2D eigenvalue weighted by atomic mass is 35.5. The first kappa shape index (κ1) is 14.3. The van der Waals surface area contributed by atoms with Crippen LogP contribution in [0.1, 0.15) is 16.1 Å². The Labute approximate surface area is 132 Å². The number of carbonyl (C=O) groups excluding carboxylic acids is 1. The topological polar surface area (TPSA) is 59.8 Å². The van der Waals surface area contributed by atoms with Crippen molar-refractivity contribution in [1.29, 1.82) is 0 Å². The Morgan fingerprint density at radius 3 is 2.68 bits per heavy atom. The molecule has 1 N–H and O–H groups in total. The number of pyridine rings is 1. The molecular weight excluding hydrogens is 300 g/mol. The molecule has 5 nitrogen and oxygen atoms in total. The van der Waals surface area contributed by atoms with E-state index in [0.717, 1.165) is 11.4 Å². The number of nitrogens with zero attached hydrogens (tertiary/aromatic N) is 3. The number of hydrogen-bond donors (Lipinski definition) is 1. The standard InChI is InChI=1S/C16H13ClN4O/c1-11-9-15(19-16(22)12-5-7-18-8-6-12)20-21(11)14-4-2-3-13(17)10-14/h2-10H,1H3,(H,19,20,22). The summed E-state index contributed by atoms with van der Waals surface area (Å²) in [5.74, 6) is 0.262. The minimum absolute atomic E-state index is 0.224. The number of anilines is 1. The Morgan fingerprint density at radius 2 is 1.95 bits per heavy atom. The van der Waals surface area contributed by atoms with Crippen LogP contribution >= 0.6 is 11.6 Å². The molecule has 0 aliphatic heterocycles. The summed E-state index contributed by atoms with van der Waals surface area (Å²) in [6, 6.07) is 12.5. The van der Waals surface area contributed by atoms with Gasteiger partial charge in [-0.2, -0.15) is 0 Å². The van der Waals surface area contributed by atoms with E-state index in [1.807, 2.05) is 25.1 Å². The second-order valence-corrected chi connectivity index (χ2v) is 5.19. The van der Waals surface area contributed by atoms with Crippen LogP contribution in [0.2, 0.25) is 5.02 Å². The van der Waals surface area contributed by atoms with Crippen molar-refractivity contribution in [2.75, 3.05) is 5.32 Å². The number of aryl methyl sites for hydroxylation is 1. The van der Waals surface area contributed by atoms with Gasteiger partial charge in [0.1, 0.15) is 0 Å². The van der Waals surface area contributed by atoms with Crippen molar-refractivity contribution in [2.45, 2.75) is 6.92 Å². The number of carbonyl (C=O) groups is 1. The van der Waals surface area contributed by atoms with E-state index in [1.54, 1.807) is 41.3 Å². The van der Waals surface area contributed by atoms with Crippen molar-refractivity contribution in [2.24, 2.45) is 0 Å². The summed E-state index contributed by atoms with van der Waals surface area (Å²) in [6.45, 7) is 1.91. The van der Waals surface area contributed by atoms with Crippen molar-refractivity contribution in [3.05, 3.63) is 71.1 Å². The van der Waals surface area contributed by atoms with Gasteiger partial charge in [-0.1, -0.05) is 17.7 Å². The molecule has 0 radical (unpaired) electrons. The highest BCUT2D eigenvalue weighted by molar-refractivity contribution is 6.30. The lowest BCUT2D eigenvalue weighted by molar-refractivity contribution is 0.102. The lowest BCUT2D eigenvalue weighted by Crippen LogP contribution is -2.12. The normalized spacial score (nSPS) is 10.5. The number of hydrogen-bond acceptors (Lipinski definition) is 3. The zero-order valence-corrected chi connectivity index (χ0v) is 12.6. The monoisotopic (exact) mass is 312 g/mol. The quantitative estimate of drug-likeness (QED) is 0.805. The fraction of sp³-hybridized carbons (Fsp3) is 0.0625. The maximum absolute atomic E-state index is 12.1. The van der Waals surface area contributed by atoms with Gasteiger partial charge in [0.15, 0.2) is 5.82 Å². The lowest BCUT2D eigenvalue weighted by Gasteiger charge is -2.04. The number of aromatic nitrogens is 3. The molecule has 0 aliphatic carbocycles. The largest absolute Gasteiger partial charge is 0.305 e. The van der Waals surface area contributed by atoms with E-state index in [9.17, 15) is 4.79 Å². The Bertz CT molecular complexity index is 814. The summed E-state index contributed by atoms with van der Waals surface area (Å²) in [5, 5.41) is 7.80. The van der Waals surface area contributed by atoms with Gasteiger partial charge in [0, 0.05) is 34.7 Å². The number of rotatable bonds is 3. The van der Waals surface area contributed by atoms with Crippen molar-refractivity contribution in [3.63, 3.8) is 0 Å². The summed E-state index contributed by atoms with van der Waals surface area (Å²) >= 11 is 6.00. The third kappa shape index (κ3) is 2.99. The van der Waals surface area contributed by atoms with E-state index in [-0.39, 0.29) is 5.91 Å². The van der Waals surface area contributed by atoms with Crippen LogP contribution in [0.4, 0.5) is 5.82 Å². The van der Waals surface area contributed by atoms with E-state index in [4.69, 9.17) is 11.6 Å². The molecule has 0 aliphatic rings. The summed E-state index contributed by atoms with van der Waals surface area (Å²) in [5.41, 5.74) is 2.27. The molecule has 3 rings (SSSR count). The maximum atomic E-state index is 12.1. The smallest absolute Gasteiger partial charge is 0.256 e. The van der Waals surface area contributed by atoms with Gasteiger partial charge < -0.3 is 5.32 Å². The van der Waals surface area contributed by atoms with E-state index in [1.165, 1.54) is 0 Å². The number of benzene rings is 1. The Morgan fingerprint density at radius 1 is 1.18 bits per heavy atom. The lowest BCUT2D eigenvalue weighted by atomic mass is 10.2. The molecule has 6 heteroatoms. The fourth-order valence-electron chi connectivity index (χ4n) is 2.10. The molecule has 0 saturated carbocycles. The Balaban J connectivity index is 1.85. The molecule has 0 spiro atoms. The van der Waals surface area contributed by atoms with E-state index in [2.05, 4.69) is 15.4 Å². The molecule has 0 bridgehead atoms. The first-order valence-electron chi connectivity index (χ1n) is 6.67. The van der Waals surface area contributed by atoms with Gasteiger partial charge in [-0.25, -0.2) is 4.68 Å². The molecule has 2 heterocycles. The number of amides is 1. The number of halogens is 1. The first-order chi connectivity index (χ1) is 10.6. The van der Waals surface area contributed by atoms with Gasteiger partial charge in [-0.15, -0.1) is 5.10 Å². The second-order valence-electron chi connectivity index (χ2n) is 4.75. The minimum Gasteiger partial charge on any atom is -0.305 e. The first-order valence-corrected chi connectivity index (χ1v) is 7.05. The maximum Gasteiger partial charge on any atom is 0.256 e. The second kappa shape index (κ2) is 5.99. The molecule has 0 saturated heterocycles. The van der Waals surface area contributed by atoms with E-state index < -0.39 is 0 Å². The molecule has 0 unspecified atom stereocenters. The van der Waals surface area contributed by atoms with Gasteiger partial charge in [-0.05, 0) is 37.3 Å². The highest BCUT2D eigenvalue weighted by Crippen LogP contribution is 2.18. The van der Waals surface area contributed by atoms with Crippen LogP contribution in [-0.2, 0) is 0 Å². The third-order valence-corrected chi connectivity index (χ3v) is 3.36. The zero-order chi connectivity index (χ0) is 15.5. The number of nitrogens with one attached hydrogen (secondary N) is 1. The summed E-state index contributed by atoms with van der Waals surface area (Å²) in [6.07, 6.45) is 3.15. The van der Waals surface area contributed by atoms with Crippen LogP contribution in [0.25, 0.3) is 5.69 Å². The predicted molar refractivity (Wildman–Crippen MR) is 85.5 cm³/mol. The zero-order valence-electron chi connectivity index (χ0n) is 11.8. The van der Waals surface area contributed by atoms with Crippen molar-refractivity contribution < 1.29 is 4.79 Å². The fourth-order valence-corrected chi connectivity index (χ4v) is 2.28. The van der Waals surface area contributed by atoms with Crippen LogP contribution in [0, 0.1) is 6.92 Å². The molecule has 0 atom stereocenters. The molecule has 110 valence electrons. The van der Waals surface area contributed by atoms with Crippen LogP contribution in [0.3, 0.4) is 0 Å². The Kier molecular flexibility index (Phi) is 3.89. The van der Waals surface area contributed by atoms with Crippen LogP contribution in [0.5, 0.6) is 0 Å². The van der Waals surface area contributed by atoms with E-state index in [0.29, 0.717) is 16.4 Å². The van der Waals surface area contributed by atoms with Crippen LogP contribution in [0.15, 0.2) is 54.9 Å². The summed E-state index contributed by atoms with van der Waals surface area (Å²) in [7, 11) is 0. The van der Waals surface area contributed by atoms with Gasteiger partial charge in [0.05, 0.1) is 5.69 Å². The average molecular weight is 313 g/mol. The van der Waals surface area contributed by atoms with Crippen molar-refractivity contribution >= 4 is 23.3 Å². The van der Waals surface area contributed by atoms with Crippen molar-refractivity contribution in [3.8, 4) is 5.69 Å². The highest BCUT2D eigenvalue weighted by Gasteiger charge is 2.10. The average Bonchev–Trinajstić information content (AvgIpc) is 2.88. The molecule has 2 aromatic heterocycles. The molecular formula is C16H13ClN4O. The molecule has 22 heavy (non-hydrogen) atoms. The predicted octanol–water partition coefficient (Wildman–Crippen LogP) is 3.48. The molecule has 3 aromatic rings.